The zero-order chi connectivity index (χ0) is 23.3. The third-order valence-corrected chi connectivity index (χ3v) is 6.25. The molecule has 0 spiro atoms. The van der Waals surface area contributed by atoms with Gasteiger partial charge in [0.05, 0.1) is 24.8 Å². The molecule has 5 rings (SSSR count). The highest BCUT2D eigenvalue weighted by atomic mass is 16.5. The van der Waals surface area contributed by atoms with Gasteiger partial charge in [0.25, 0.3) is 5.91 Å². The van der Waals surface area contributed by atoms with Gasteiger partial charge < -0.3 is 19.7 Å². The van der Waals surface area contributed by atoms with Crippen molar-refractivity contribution in [2.24, 2.45) is 5.92 Å². The van der Waals surface area contributed by atoms with Crippen molar-refractivity contribution in [2.75, 3.05) is 24.6 Å². The Kier molecular flexibility index (Phi) is 6.56. The van der Waals surface area contributed by atoms with E-state index in [-0.39, 0.29) is 18.1 Å². The molecular weight excluding hydrogens is 430 g/mol. The van der Waals surface area contributed by atoms with Crippen molar-refractivity contribution >= 4 is 11.6 Å². The Hall–Kier alpha value is -3.68. The molecule has 34 heavy (non-hydrogen) atoms. The van der Waals surface area contributed by atoms with Crippen LogP contribution in [0.25, 0.3) is 0 Å². The molecule has 2 unspecified atom stereocenters. The first-order valence-corrected chi connectivity index (χ1v) is 11.8. The molecule has 8 nitrogen and oxygen atoms in total. The van der Waals surface area contributed by atoms with Gasteiger partial charge in [0.2, 0.25) is 5.88 Å². The highest BCUT2D eigenvalue weighted by Crippen LogP contribution is 2.30. The SMILES string of the molecule is CC(NC(=O)c1cncnc1)c1ccc(OC2CCN(c3ccnc(OCC4CC4)c3)C2)cc1. The monoisotopic (exact) mass is 459 g/mol. The minimum Gasteiger partial charge on any atom is -0.489 e. The van der Waals surface area contributed by atoms with Gasteiger partial charge in [-0.15, -0.1) is 0 Å². The predicted molar refractivity (Wildman–Crippen MR) is 128 cm³/mol. The number of ether oxygens (including phenoxy) is 2. The Morgan fingerprint density at radius 3 is 2.71 bits per heavy atom. The molecule has 8 heteroatoms. The number of hydrogen-bond acceptors (Lipinski definition) is 7. The molecule has 2 aromatic heterocycles. The lowest BCUT2D eigenvalue weighted by Crippen LogP contribution is -2.27. The number of benzene rings is 1. The van der Waals surface area contributed by atoms with Crippen LogP contribution in [0, 0.1) is 5.92 Å². The van der Waals surface area contributed by atoms with Crippen LogP contribution in [0.2, 0.25) is 0 Å². The number of nitrogens with zero attached hydrogens (tertiary/aromatic N) is 4. The van der Waals surface area contributed by atoms with Crippen molar-refractivity contribution in [1.29, 1.82) is 0 Å². The average molecular weight is 460 g/mol. The van der Waals surface area contributed by atoms with Crippen LogP contribution >= 0.6 is 0 Å². The fourth-order valence-electron chi connectivity index (χ4n) is 4.03. The number of pyridine rings is 1. The fourth-order valence-corrected chi connectivity index (χ4v) is 4.03. The predicted octanol–water partition coefficient (Wildman–Crippen LogP) is 3.81. The molecule has 1 aliphatic heterocycles. The summed E-state index contributed by atoms with van der Waals surface area (Å²) in [5.41, 5.74) is 2.56. The van der Waals surface area contributed by atoms with Gasteiger partial charge in [-0.05, 0) is 49.4 Å². The number of aromatic nitrogens is 3. The maximum absolute atomic E-state index is 12.3. The number of amides is 1. The van der Waals surface area contributed by atoms with Crippen molar-refractivity contribution in [2.45, 2.75) is 38.3 Å². The molecule has 176 valence electrons. The maximum atomic E-state index is 12.3. The van der Waals surface area contributed by atoms with Gasteiger partial charge in [0.15, 0.2) is 0 Å². The number of anilines is 1. The molecule has 1 amide bonds. The van der Waals surface area contributed by atoms with Crippen molar-refractivity contribution in [3.05, 3.63) is 72.4 Å². The largest absolute Gasteiger partial charge is 0.489 e. The molecule has 0 radical (unpaired) electrons. The minimum atomic E-state index is -0.198. The quantitative estimate of drug-likeness (QED) is 0.520. The van der Waals surface area contributed by atoms with Crippen LogP contribution in [-0.2, 0) is 0 Å². The van der Waals surface area contributed by atoms with Gasteiger partial charge in [-0.25, -0.2) is 15.0 Å². The van der Waals surface area contributed by atoms with Gasteiger partial charge in [0, 0.05) is 43.3 Å². The van der Waals surface area contributed by atoms with Gasteiger partial charge in [0.1, 0.15) is 18.2 Å². The summed E-state index contributed by atoms with van der Waals surface area (Å²) in [6.07, 6.45) is 9.83. The van der Waals surface area contributed by atoms with Crippen LogP contribution < -0.4 is 19.7 Å². The summed E-state index contributed by atoms with van der Waals surface area (Å²) in [4.78, 5) is 26.8. The Labute approximate surface area is 199 Å². The van der Waals surface area contributed by atoms with E-state index in [1.807, 2.05) is 49.5 Å². The zero-order valence-corrected chi connectivity index (χ0v) is 19.3. The van der Waals surface area contributed by atoms with Crippen LogP contribution in [0.5, 0.6) is 11.6 Å². The Bertz CT molecular complexity index is 1100. The highest BCUT2D eigenvalue weighted by Gasteiger charge is 2.25. The average Bonchev–Trinajstić information content (AvgIpc) is 3.60. The Morgan fingerprint density at radius 1 is 1.15 bits per heavy atom. The first kappa shape index (κ1) is 22.1. The number of carbonyl (C=O) groups excluding carboxylic acids is 1. The normalized spacial score (nSPS) is 18.4. The molecule has 1 saturated heterocycles. The van der Waals surface area contributed by atoms with E-state index in [4.69, 9.17) is 9.47 Å². The summed E-state index contributed by atoms with van der Waals surface area (Å²) in [6, 6.07) is 11.8. The molecule has 2 atom stereocenters. The highest BCUT2D eigenvalue weighted by molar-refractivity contribution is 5.93. The van der Waals surface area contributed by atoms with E-state index < -0.39 is 0 Å². The van der Waals surface area contributed by atoms with Gasteiger partial charge >= 0.3 is 0 Å². The van der Waals surface area contributed by atoms with E-state index in [1.54, 1.807) is 0 Å². The number of carbonyl (C=O) groups is 1. The summed E-state index contributed by atoms with van der Waals surface area (Å²) in [5, 5.41) is 2.97. The second kappa shape index (κ2) is 10.1. The third kappa shape index (κ3) is 5.62. The smallest absolute Gasteiger partial charge is 0.254 e. The molecule has 1 aliphatic carbocycles. The van der Waals surface area contributed by atoms with Crippen molar-refractivity contribution in [3.8, 4) is 11.6 Å². The molecule has 0 bridgehead atoms. The summed E-state index contributed by atoms with van der Waals surface area (Å²) >= 11 is 0. The van der Waals surface area contributed by atoms with Gasteiger partial charge in [-0.3, -0.25) is 4.79 Å². The Morgan fingerprint density at radius 2 is 1.94 bits per heavy atom. The van der Waals surface area contributed by atoms with E-state index in [0.29, 0.717) is 17.4 Å². The van der Waals surface area contributed by atoms with Crippen molar-refractivity contribution < 1.29 is 14.3 Å². The van der Waals surface area contributed by atoms with E-state index in [9.17, 15) is 4.79 Å². The van der Waals surface area contributed by atoms with Crippen LogP contribution in [0.1, 0.15) is 48.1 Å². The van der Waals surface area contributed by atoms with E-state index in [1.165, 1.54) is 31.6 Å². The molecule has 1 aromatic carbocycles. The lowest BCUT2D eigenvalue weighted by atomic mass is 10.1. The third-order valence-electron chi connectivity index (χ3n) is 6.25. The fraction of sp³-hybridized carbons (Fsp3) is 0.385. The van der Waals surface area contributed by atoms with E-state index >= 15 is 0 Å². The van der Waals surface area contributed by atoms with Crippen LogP contribution in [-0.4, -0.2) is 46.7 Å². The Balaban J connectivity index is 1.13. The van der Waals surface area contributed by atoms with Gasteiger partial charge in [-0.1, -0.05) is 12.1 Å². The molecule has 3 heterocycles. The van der Waals surface area contributed by atoms with Crippen LogP contribution in [0.3, 0.4) is 0 Å². The van der Waals surface area contributed by atoms with Crippen LogP contribution in [0.15, 0.2) is 61.3 Å². The lowest BCUT2D eigenvalue weighted by molar-refractivity contribution is 0.0939. The van der Waals surface area contributed by atoms with E-state index in [0.717, 1.165) is 43.1 Å². The molecule has 1 saturated carbocycles. The molecule has 2 aliphatic rings. The number of nitrogens with one attached hydrogen (secondary N) is 1. The minimum absolute atomic E-state index is 0.116. The standard InChI is InChI=1S/C26H29N5O3/c1-18(30-26(32)21-13-27-17-28-14-21)20-4-6-23(7-5-20)34-24-9-11-31(15-24)22-8-10-29-25(12-22)33-16-19-2-3-19/h4-8,10,12-14,17-19,24H,2-3,9,11,15-16H2,1H3,(H,30,32). The van der Waals surface area contributed by atoms with E-state index in [2.05, 4.69) is 25.2 Å². The van der Waals surface area contributed by atoms with Crippen molar-refractivity contribution in [3.63, 3.8) is 0 Å². The first-order valence-electron chi connectivity index (χ1n) is 11.8. The molecule has 2 fully saturated rings. The topological polar surface area (TPSA) is 89.5 Å². The van der Waals surface area contributed by atoms with Gasteiger partial charge in [-0.2, -0.15) is 0 Å². The number of hydrogen-bond donors (Lipinski definition) is 1. The lowest BCUT2D eigenvalue weighted by Gasteiger charge is -2.20. The second-order valence-electron chi connectivity index (χ2n) is 8.97. The molecule has 1 N–H and O–H groups in total. The van der Waals surface area contributed by atoms with Crippen LogP contribution in [0.4, 0.5) is 5.69 Å². The summed E-state index contributed by atoms with van der Waals surface area (Å²) in [5.74, 6) is 2.04. The first-order chi connectivity index (χ1) is 16.6. The summed E-state index contributed by atoms with van der Waals surface area (Å²) in [6.45, 7) is 4.46. The van der Waals surface area contributed by atoms with Crippen molar-refractivity contribution in [1.82, 2.24) is 20.3 Å². The zero-order valence-electron chi connectivity index (χ0n) is 19.3. The maximum Gasteiger partial charge on any atom is 0.254 e. The summed E-state index contributed by atoms with van der Waals surface area (Å²) < 4.78 is 12.1. The number of rotatable bonds is 9. The summed E-state index contributed by atoms with van der Waals surface area (Å²) in [7, 11) is 0. The molecular formula is C26H29N5O3. The molecule has 3 aromatic rings. The second-order valence-corrected chi connectivity index (χ2v) is 8.97.